The molecule has 124 valence electrons. The molecule has 7 nitrogen and oxygen atoms in total. The lowest BCUT2D eigenvalue weighted by Gasteiger charge is -2.22. The SMILES string of the molecule is CC(=O)Nc1ncc(S(=O)(=O)N(C)C(C)c2ccc(Cl)cn2)s1. The van der Waals surface area contributed by atoms with Gasteiger partial charge in [-0.15, -0.1) is 0 Å². The number of rotatable bonds is 5. The summed E-state index contributed by atoms with van der Waals surface area (Å²) in [4.78, 5) is 19.0. The third kappa shape index (κ3) is 4.05. The van der Waals surface area contributed by atoms with Crippen molar-refractivity contribution in [2.24, 2.45) is 0 Å². The number of anilines is 1. The average Bonchev–Trinajstić information content (AvgIpc) is 2.95. The number of hydrogen-bond donors (Lipinski definition) is 1. The fraction of sp³-hybridized carbons (Fsp3) is 0.308. The lowest BCUT2D eigenvalue weighted by Crippen LogP contribution is -2.29. The summed E-state index contributed by atoms with van der Waals surface area (Å²) in [5.41, 5.74) is 0.576. The van der Waals surface area contributed by atoms with Crippen LogP contribution in [0, 0.1) is 0 Å². The molecule has 2 aromatic rings. The summed E-state index contributed by atoms with van der Waals surface area (Å²) in [7, 11) is -2.28. The van der Waals surface area contributed by atoms with E-state index in [0.29, 0.717) is 10.7 Å². The monoisotopic (exact) mass is 374 g/mol. The largest absolute Gasteiger partial charge is 0.302 e. The molecule has 0 aliphatic carbocycles. The first-order chi connectivity index (χ1) is 10.7. The number of hydrogen-bond acceptors (Lipinski definition) is 6. The average molecular weight is 375 g/mol. The van der Waals surface area contributed by atoms with Crippen LogP contribution in [0.3, 0.4) is 0 Å². The summed E-state index contributed by atoms with van der Waals surface area (Å²) in [6, 6.07) is 2.85. The number of carbonyl (C=O) groups excluding carboxylic acids is 1. The number of carbonyl (C=O) groups is 1. The summed E-state index contributed by atoms with van der Waals surface area (Å²) in [6.45, 7) is 3.06. The number of nitrogens with zero attached hydrogens (tertiary/aromatic N) is 3. The predicted octanol–water partition coefficient (Wildman–Crippen LogP) is 2.53. The van der Waals surface area contributed by atoms with Gasteiger partial charge in [-0.25, -0.2) is 13.4 Å². The molecule has 1 N–H and O–H groups in total. The van der Waals surface area contributed by atoms with Crippen LogP contribution >= 0.6 is 22.9 Å². The number of halogens is 1. The van der Waals surface area contributed by atoms with E-state index in [1.165, 1.54) is 30.7 Å². The van der Waals surface area contributed by atoms with Gasteiger partial charge in [-0.2, -0.15) is 4.31 Å². The second-order valence-electron chi connectivity index (χ2n) is 4.76. The lowest BCUT2D eigenvalue weighted by atomic mass is 10.2. The van der Waals surface area contributed by atoms with Crippen molar-refractivity contribution in [2.75, 3.05) is 12.4 Å². The van der Waals surface area contributed by atoms with E-state index < -0.39 is 16.1 Å². The predicted molar refractivity (Wildman–Crippen MR) is 89.0 cm³/mol. The summed E-state index contributed by atoms with van der Waals surface area (Å²) in [5.74, 6) is -0.310. The van der Waals surface area contributed by atoms with Crippen molar-refractivity contribution in [3.8, 4) is 0 Å². The smallest absolute Gasteiger partial charge is 0.254 e. The highest BCUT2D eigenvalue weighted by molar-refractivity contribution is 7.91. The highest BCUT2D eigenvalue weighted by Crippen LogP contribution is 2.29. The Morgan fingerprint density at radius 1 is 1.35 bits per heavy atom. The quantitative estimate of drug-likeness (QED) is 0.868. The van der Waals surface area contributed by atoms with Crippen LogP contribution in [-0.4, -0.2) is 35.6 Å². The van der Waals surface area contributed by atoms with Crippen molar-refractivity contribution in [3.05, 3.63) is 35.2 Å². The number of nitrogens with one attached hydrogen (secondary N) is 1. The number of sulfonamides is 1. The Balaban J connectivity index is 2.25. The van der Waals surface area contributed by atoms with E-state index in [9.17, 15) is 13.2 Å². The molecule has 2 aromatic heterocycles. The van der Waals surface area contributed by atoms with Crippen molar-refractivity contribution in [1.29, 1.82) is 0 Å². The zero-order valence-corrected chi connectivity index (χ0v) is 15.0. The van der Waals surface area contributed by atoms with Crippen LogP contribution in [0.4, 0.5) is 5.13 Å². The topological polar surface area (TPSA) is 92.3 Å². The maximum atomic E-state index is 12.6. The molecule has 1 amide bonds. The number of amides is 1. The van der Waals surface area contributed by atoms with Crippen molar-refractivity contribution in [2.45, 2.75) is 24.1 Å². The Morgan fingerprint density at radius 2 is 2.04 bits per heavy atom. The second-order valence-corrected chi connectivity index (χ2v) is 8.46. The van der Waals surface area contributed by atoms with Gasteiger partial charge in [0.25, 0.3) is 10.0 Å². The second kappa shape index (κ2) is 6.91. The minimum Gasteiger partial charge on any atom is -0.302 e. The number of pyridine rings is 1. The van der Waals surface area contributed by atoms with Crippen molar-refractivity contribution >= 4 is 44.0 Å². The third-order valence-electron chi connectivity index (χ3n) is 3.12. The molecule has 0 saturated carbocycles. The molecule has 10 heteroatoms. The summed E-state index contributed by atoms with van der Waals surface area (Å²) in [5, 5.41) is 3.18. The van der Waals surface area contributed by atoms with Gasteiger partial charge in [0, 0.05) is 20.2 Å². The molecule has 23 heavy (non-hydrogen) atoms. The van der Waals surface area contributed by atoms with Crippen LogP contribution in [-0.2, 0) is 14.8 Å². The molecule has 1 atom stereocenters. The first-order valence-corrected chi connectivity index (χ1v) is 9.18. The van der Waals surface area contributed by atoms with E-state index in [1.54, 1.807) is 19.1 Å². The Morgan fingerprint density at radius 3 is 2.61 bits per heavy atom. The van der Waals surface area contributed by atoms with Crippen LogP contribution in [0.2, 0.25) is 5.02 Å². The molecular weight excluding hydrogens is 360 g/mol. The standard InChI is InChI=1S/C13H15ClN4O3S2/c1-8(11-5-4-10(14)6-15-11)18(3)23(20,21)12-7-16-13(22-12)17-9(2)19/h4-8H,1-3H3,(H,16,17,19). The Labute approximate surface area is 143 Å². The highest BCUT2D eigenvalue weighted by Gasteiger charge is 2.29. The van der Waals surface area contributed by atoms with E-state index in [1.807, 2.05) is 0 Å². The maximum absolute atomic E-state index is 12.6. The summed E-state index contributed by atoms with van der Waals surface area (Å²) in [6.07, 6.45) is 2.69. The Kier molecular flexibility index (Phi) is 5.35. The van der Waals surface area contributed by atoms with Gasteiger partial charge >= 0.3 is 0 Å². The molecule has 2 rings (SSSR count). The van der Waals surface area contributed by atoms with Gasteiger partial charge in [0.1, 0.15) is 0 Å². The van der Waals surface area contributed by atoms with Crippen LogP contribution in [0.1, 0.15) is 25.6 Å². The van der Waals surface area contributed by atoms with Crippen molar-refractivity contribution in [1.82, 2.24) is 14.3 Å². The molecule has 1 unspecified atom stereocenters. The van der Waals surface area contributed by atoms with E-state index in [0.717, 1.165) is 11.3 Å². The first-order valence-electron chi connectivity index (χ1n) is 6.54. The zero-order valence-electron chi connectivity index (χ0n) is 12.6. The van der Waals surface area contributed by atoms with Crippen LogP contribution in [0.15, 0.2) is 28.7 Å². The first kappa shape index (κ1) is 17.8. The molecule has 0 fully saturated rings. The molecule has 0 spiro atoms. The molecule has 0 bridgehead atoms. The van der Waals surface area contributed by atoms with E-state index >= 15 is 0 Å². The van der Waals surface area contributed by atoms with Gasteiger partial charge < -0.3 is 5.32 Å². The van der Waals surface area contributed by atoms with Crippen molar-refractivity contribution in [3.63, 3.8) is 0 Å². The Hall–Kier alpha value is -1.55. The maximum Gasteiger partial charge on any atom is 0.254 e. The van der Waals surface area contributed by atoms with Gasteiger partial charge in [-0.05, 0) is 19.1 Å². The molecular formula is C13H15ClN4O3S2. The van der Waals surface area contributed by atoms with Gasteiger partial charge in [-0.1, -0.05) is 22.9 Å². The normalized spacial score (nSPS) is 13.1. The Bertz CT molecular complexity index is 805. The van der Waals surface area contributed by atoms with Gasteiger partial charge in [-0.3, -0.25) is 9.78 Å². The zero-order chi connectivity index (χ0) is 17.2. The van der Waals surface area contributed by atoms with E-state index in [4.69, 9.17) is 11.6 Å². The van der Waals surface area contributed by atoms with Gasteiger partial charge in [0.05, 0.1) is 23.0 Å². The van der Waals surface area contributed by atoms with Crippen LogP contribution in [0.5, 0.6) is 0 Å². The molecule has 0 aliphatic rings. The number of aromatic nitrogens is 2. The summed E-state index contributed by atoms with van der Waals surface area (Å²) < 4.78 is 26.5. The molecule has 2 heterocycles. The van der Waals surface area contributed by atoms with E-state index in [-0.39, 0.29) is 15.2 Å². The number of thiazole rings is 1. The highest BCUT2D eigenvalue weighted by atomic mass is 35.5. The van der Waals surface area contributed by atoms with E-state index in [2.05, 4.69) is 15.3 Å². The van der Waals surface area contributed by atoms with Gasteiger partial charge in [0.15, 0.2) is 9.34 Å². The molecule has 0 saturated heterocycles. The van der Waals surface area contributed by atoms with Crippen LogP contribution in [0.25, 0.3) is 0 Å². The fourth-order valence-corrected chi connectivity index (χ4v) is 4.47. The molecule has 0 radical (unpaired) electrons. The lowest BCUT2D eigenvalue weighted by molar-refractivity contribution is -0.114. The minimum atomic E-state index is -3.75. The van der Waals surface area contributed by atoms with Crippen molar-refractivity contribution < 1.29 is 13.2 Å². The minimum absolute atomic E-state index is 0.0459. The van der Waals surface area contributed by atoms with Crippen LogP contribution < -0.4 is 5.32 Å². The fourth-order valence-electron chi connectivity index (χ4n) is 1.76. The van der Waals surface area contributed by atoms with Gasteiger partial charge in [0.2, 0.25) is 5.91 Å². The third-order valence-corrected chi connectivity index (χ3v) is 6.63. The molecule has 0 aliphatic heterocycles. The summed E-state index contributed by atoms with van der Waals surface area (Å²) >= 11 is 6.69. The molecule has 0 aromatic carbocycles.